The van der Waals surface area contributed by atoms with E-state index in [0.29, 0.717) is 55.4 Å². The minimum Gasteiger partial charge on any atom is -0.507 e. The number of rotatable bonds is 6. The molecule has 1 saturated heterocycles. The molecule has 1 atom stereocenters. The number of nitrogens with zero attached hydrogens (tertiary/aromatic N) is 4. The molecule has 1 fully saturated rings. The third-order valence-electron chi connectivity index (χ3n) is 5.73. The largest absolute Gasteiger partial charge is 0.507 e. The first-order chi connectivity index (χ1) is 16.1. The van der Waals surface area contributed by atoms with Crippen LogP contribution in [0.3, 0.4) is 0 Å². The van der Waals surface area contributed by atoms with Gasteiger partial charge in [0.1, 0.15) is 19.0 Å². The Morgan fingerprint density at radius 2 is 1.91 bits per heavy atom. The highest BCUT2D eigenvalue weighted by atomic mass is 16.6. The summed E-state index contributed by atoms with van der Waals surface area (Å²) in [6.45, 7) is 1.82. The molecule has 0 bridgehead atoms. The van der Waals surface area contributed by atoms with Crippen LogP contribution in [0, 0.1) is 0 Å². The van der Waals surface area contributed by atoms with Crippen molar-refractivity contribution < 1.29 is 24.2 Å². The van der Waals surface area contributed by atoms with Crippen LogP contribution < -0.4 is 9.47 Å². The lowest BCUT2D eigenvalue weighted by Gasteiger charge is -2.25. The number of benzene rings is 1. The molecule has 2 aromatic heterocycles. The Bertz CT molecular complexity index is 1210. The van der Waals surface area contributed by atoms with E-state index in [1.807, 2.05) is 10.8 Å². The highest BCUT2D eigenvalue weighted by Gasteiger charge is 2.46. The molecule has 1 amide bonds. The van der Waals surface area contributed by atoms with Gasteiger partial charge in [-0.3, -0.25) is 14.6 Å². The first-order valence-corrected chi connectivity index (χ1v) is 10.7. The Kier molecular flexibility index (Phi) is 5.52. The molecule has 9 heteroatoms. The molecule has 3 aromatic rings. The second-order valence-corrected chi connectivity index (χ2v) is 7.79. The number of aryl methyl sites for hydroxylation is 1. The monoisotopic (exact) mass is 446 g/mol. The van der Waals surface area contributed by atoms with Crippen molar-refractivity contribution in [1.29, 1.82) is 0 Å². The summed E-state index contributed by atoms with van der Waals surface area (Å²) < 4.78 is 13.1. The standard InChI is InChI=1S/C24H22N4O5/c29-22(16-4-5-18-19(13-16)33-12-11-32-18)20-21(17-3-1-6-25-14-17)28(24(31)23(20)30)9-2-8-27-10-7-26-15-27/h1,3-7,10,13-15,21,29H,2,8-9,11-12H2. The lowest BCUT2D eigenvalue weighted by atomic mass is 9.96. The van der Waals surface area contributed by atoms with Gasteiger partial charge in [0, 0.05) is 43.4 Å². The van der Waals surface area contributed by atoms with Gasteiger partial charge in [0.15, 0.2) is 11.5 Å². The first kappa shape index (κ1) is 20.7. The van der Waals surface area contributed by atoms with Crippen molar-refractivity contribution in [3.8, 4) is 11.5 Å². The SMILES string of the molecule is O=C1C(=O)N(CCCn2ccnc2)C(c2cccnc2)C1=C(O)c1ccc2c(c1)OCCO2. The lowest BCUT2D eigenvalue weighted by Crippen LogP contribution is -2.31. The molecule has 0 saturated carbocycles. The average Bonchev–Trinajstić information content (AvgIpc) is 3.46. The summed E-state index contributed by atoms with van der Waals surface area (Å²) >= 11 is 0. The number of aliphatic hydroxyl groups is 1. The van der Waals surface area contributed by atoms with E-state index in [4.69, 9.17) is 9.47 Å². The number of aliphatic hydroxyl groups excluding tert-OH is 1. The topological polar surface area (TPSA) is 107 Å². The molecule has 9 nitrogen and oxygen atoms in total. The van der Waals surface area contributed by atoms with Crippen molar-refractivity contribution in [3.63, 3.8) is 0 Å². The van der Waals surface area contributed by atoms with Gasteiger partial charge in [0.25, 0.3) is 11.7 Å². The average molecular weight is 446 g/mol. The number of hydrogen-bond donors (Lipinski definition) is 1. The number of hydrogen-bond acceptors (Lipinski definition) is 7. The zero-order chi connectivity index (χ0) is 22.8. The minimum atomic E-state index is -0.741. The van der Waals surface area contributed by atoms with Gasteiger partial charge >= 0.3 is 0 Å². The fourth-order valence-electron chi connectivity index (χ4n) is 4.18. The Balaban J connectivity index is 1.52. The van der Waals surface area contributed by atoms with Crippen LogP contribution in [0.5, 0.6) is 11.5 Å². The fourth-order valence-corrected chi connectivity index (χ4v) is 4.18. The van der Waals surface area contributed by atoms with Crippen LogP contribution in [0.1, 0.15) is 23.6 Å². The molecule has 4 heterocycles. The second kappa shape index (κ2) is 8.78. The predicted octanol–water partition coefficient (Wildman–Crippen LogP) is 2.56. The predicted molar refractivity (Wildman–Crippen MR) is 118 cm³/mol. The van der Waals surface area contributed by atoms with E-state index >= 15 is 0 Å². The van der Waals surface area contributed by atoms with Gasteiger partial charge in [0.2, 0.25) is 0 Å². The summed E-state index contributed by atoms with van der Waals surface area (Å²) in [7, 11) is 0. The maximum absolute atomic E-state index is 13.1. The van der Waals surface area contributed by atoms with Gasteiger partial charge in [0.05, 0.1) is 17.9 Å². The molecule has 0 aliphatic carbocycles. The zero-order valence-corrected chi connectivity index (χ0v) is 17.8. The van der Waals surface area contributed by atoms with E-state index in [9.17, 15) is 14.7 Å². The third-order valence-corrected chi connectivity index (χ3v) is 5.73. The smallest absolute Gasteiger partial charge is 0.295 e. The third kappa shape index (κ3) is 3.93. The van der Waals surface area contributed by atoms with E-state index in [-0.39, 0.29) is 11.3 Å². The van der Waals surface area contributed by atoms with E-state index in [1.165, 1.54) is 4.90 Å². The Labute approximate surface area is 189 Å². The quantitative estimate of drug-likeness (QED) is 0.352. The second-order valence-electron chi connectivity index (χ2n) is 7.79. The number of pyridine rings is 1. The summed E-state index contributed by atoms with van der Waals surface area (Å²) in [4.78, 5) is 35.8. The minimum absolute atomic E-state index is 0.0345. The van der Waals surface area contributed by atoms with Crippen molar-refractivity contribution >= 4 is 17.4 Å². The Morgan fingerprint density at radius 3 is 2.67 bits per heavy atom. The number of amides is 1. The summed E-state index contributed by atoms with van der Waals surface area (Å²) in [5.74, 6) is -0.567. The molecule has 33 heavy (non-hydrogen) atoms. The molecule has 1 N–H and O–H groups in total. The van der Waals surface area contributed by atoms with Gasteiger partial charge in [-0.25, -0.2) is 4.98 Å². The van der Waals surface area contributed by atoms with Crippen molar-refractivity contribution in [3.05, 3.63) is 78.1 Å². The van der Waals surface area contributed by atoms with Gasteiger partial charge < -0.3 is 24.0 Å². The molecule has 1 unspecified atom stereocenters. The van der Waals surface area contributed by atoms with Crippen molar-refractivity contribution in [2.24, 2.45) is 0 Å². The molecule has 168 valence electrons. The van der Waals surface area contributed by atoms with Crippen LogP contribution >= 0.6 is 0 Å². The number of aromatic nitrogens is 3. The van der Waals surface area contributed by atoms with E-state index in [1.54, 1.807) is 55.2 Å². The highest BCUT2D eigenvalue weighted by Crippen LogP contribution is 2.40. The fraction of sp³-hybridized carbons (Fsp3) is 0.250. The normalized spacial score (nSPS) is 19.2. The van der Waals surface area contributed by atoms with Crippen LogP contribution in [0.25, 0.3) is 5.76 Å². The highest BCUT2D eigenvalue weighted by molar-refractivity contribution is 6.46. The lowest BCUT2D eigenvalue weighted by molar-refractivity contribution is -0.139. The number of Topliss-reactive ketones (excluding diaryl/α,β-unsaturated/α-hetero) is 1. The maximum atomic E-state index is 13.1. The molecule has 2 aliphatic heterocycles. The number of imidazole rings is 1. The van der Waals surface area contributed by atoms with Crippen LogP contribution in [0.4, 0.5) is 0 Å². The number of carbonyl (C=O) groups excluding carboxylic acids is 2. The summed E-state index contributed by atoms with van der Waals surface area (Å²) in [5.41, 5.74) is 1.07. The van der Waals surface area contributed by atoms with E-state index < -0.39 is 17.7 Å². The molecule has 2 aliphatic rings. The number of carbonyl (C=O) groups is 2. The molecule has 1 aromatic carbocycles. The number of ether oxygens (including phenoxy) is 2. The Hall–Kier alpha value is -4.14. The zero-order valence-electron chi connectivity index (χ0n) is 17.8. The van der Waals surface area contributed by atoms with Crippen LogP contribution in [0.15, 0.2) is 67.0 Å². The summed E-state index contributed by atoms with van der Waals surface area (Å²) in [5, 5.41) is 11.2. The van der Waals surface area contributed by atoms with Crippen LogP contribution in [-0.2, 0) is 16.1 Å². The van der Waals surface area contributed by atoms with Gasteiger partial charge in [-0.05, 0) is 36.2 Å². The Morgan fingerprint density at radius 1 is 1.06 bits per heavy atom. The number of fused-ring (bicyclic) bond motifs is 1. The summed E-state index contributed by atoms with van der Waals surface area (Å²) in [6, 6.07) is 7.75. The molecule has 0 radical (unpaired) electrons. The van der Waals surface area contributed by atoms with E-state index in [0.717, 1.165) is 0 Å². The van der Waals surface area contributed by atoms with Crippen molar-refractivity contribution in [2.75, 3.05) is 19.8 Å². The van der Waals surface area contributed by atoms with Crippen molar-refractivity contribution in [2.45, 2.75) is 19.0 Å². The number of likely N-dealkylation sites (tertiary alicyclic amines) is 1. The summed E-state index contributed by atoms with van der Waals surface area (Å²) in [6.07, 6.45) is 9.08. The van der Waals surface area contributed by atoms with E-state index in [2.05, 4.69) is 9.97 Å². The van der Waals surface area contributed by atoms with Crippen LogP contribution in [-0.4, -0.2) is 56.0 Å². The van der Waals surface area contributed by atoms with Gasteiger partial charge in [-0.1, -0.05) is 6.07 Å². The first-order valence-electron chi connectivity index (χ1n) is 10.7. The maximum Gasteiger partial charge on any atom is 0.295 e. The van der Waals surface area contributed by atoms with Crippen molar-refractivity contribution in [1.82, 2.24) is 19.4 Å². The molecular weight excluding hydrogens is 424 g/mol. The molecule has 0 spiro atoms. The molecular formula is C24H22N4O5. The van der Waals surface area contributed by atoms with Crippen LogP contribution in [0.2, 0.25) is 0 Å². The molecule has 5 rings (SSSR count). The van der Waals surface area contributed by atoms with Gasteiger partial charge in [-0.15, -0.1) is 0 Å². The van der Waals surface area contributed by atoms with Gasteiger partial charge in [-0.2, -0.15) is 0 Å². The number of ketones is 1.